The zero-order chi connectivity index (χ0) is 17.7. The lowest BCUT2D eigenvalue weighted by atomic mass is 9.86. The number of hydrogen-bond donors (Lipinski definition) is 1. The Kier molecular flexibility index (Phi) is 5.45. The molecule has 0 fully saturated rings. The fourth-order valence-electron chi connectivity index (χ4n) is 2.64. The number of carboxylic acids is 1. The number of benzene rings is 1. The van der Waals surface area contributed by atoms with Crippen molar-refractivity contribution in [1.29, 1.82) is 0 Å². The first-order valence-electron chi connectivity index (χ1n) is 8.14. The van der Waals surface area contributed by atoms with Crippen LogP contribution in [0.1, 0.15) is 38.1 Å². The Morgan fingerprint density at radius 2 is 1.96 bits per heavy atom. The van der Waals surface area contributed by atoms with Gasteiger partial charge in [-0.05, 0) is 47.2 Å². The van der Waals surface area contributed by atoms with Gasteiger partial charge in [-0.1, -0.05) is 51.1 Å². The van der Waals surface area contributed by atoms with Gasteiger partial charge in [-0.15, -0.1) is 0 Å². The molecule has 0 aliphatic rings. The molecule has 0 amide bonds. The normalized spacial score (nSPS) is 12.8. The summed E-state index contributed by atoms with van der Waals surface area (Å²) in [4.78, 5) is 11.1. The van der Waals surface area contributed by atoms with Crippen molar-refractivity contribution < 1.29 is 9.90 Å². The summed E-state index contributed by atoms with van der Waals surface area (Å²) in [6, 6.07) is 9.03. The third kappa shape index (κ3) is 4.48. The van der Waals surface area contributed by atoms with Crippen molar-refractivity contribution in [2.24, 2.45) is 5.41 Å². The van der Waals surface area contributed by atoms with Crippen molar-refractivity contribution >= 4 is 5.97 Å². The molecule has 0 spiro atoms. The van der Waals surface area contributed by atoms with Crippen LogP contribution in [0.15, 0.2) is 66.5 Å². The maximum Gasteiger partial charge on any atom is 0.335 e. The maximum atomic E-state index is 11.1. The molecule has 0 saturated heterocycles. The number of carbonyl (C=O) groups is 1. The first kappa shape index (κ1) is 17.8. The second-order valence-electron chi connectivity index (χ2n) is 6.88. The molecule has 0 aliphatic carbocycles. The first-order valence-corrected chi connectivity index (χ1v) is 8.14. The van der Waals surface area contributed by atoms with Gasteiger partial charge < -0.3 is 9.67 Å². The summed E-state index contributed by atoms with van der Waals surface area (Å²) in [6.45, 7) is 9.46. The van der Waals surface area contributed by atoms with Crippen LogP contribution in [0.4, 0.5) is 0 Å². The molecule has 3 nitrogen and oxygen atoms in total. The molecule has 0 bridgehead atoms. The number of aromatic carboxylic acids is 1. The monoisotopic (exact) mass is 323 g/mol. The van der Waals surface area contributed by atoms with Crippen molar-refractivity contribution in [3.05, 3.63) is 72.1 Å². The van der Waals surface area contributed by atoms with Crippen molar-refractivity contribution in [2.75, 3.05) is 0 Å². The van der Waals surface area contributed by atoms with E-state index in [0.29, 0.717) is 5.56 Å². The molecule has 0 saturated carbocycles. The van der Waals surface area contributed by atoms with Crippen LogP contribution >= 0.6 is 0 Å². The van der Waals surface area contributed by atoms with Gasteiger partial charge in [0.2, 0.25) is 0 Å². The highest BCUT2D eigenvalue weighted by molar-refractivity contribution is 5.89. The minimum Gasteiger partial charge on any atom is -0.478 e. The number of rotatable bonds is 5. The number of hydrogen-bond acceptors (Lipinski definition) is 1. The largest absolute Gasteiger partial charge is 0.478 e. The molecule has 24 heavy (non-hydrogen) atoms. The summed E-state index contributed by atoms with van der Waals surface area (Å²) < 4.78 is 2.09. The highest BCUT2D eigenvalue weighted by Gasteiger charge is 2.13. The molecule has 1 N–H and O–H groups in total. The highest BCUT2D eigenvalue weighted by Crippen LogP contribution is 2.26. The maximum absolute atomic E-state index is 11.1. The average Bonchev–Trinajstić information content (AvgIpc) is 2.99. The van der Waals surface area contributed by atoms with E-state index in [4.69, 9.17) is 5.11 Å². The zero-order valence-corrected chi connectivity index (χ0v) is 14.8. The summed E-state index contributed by atoms with van der Waals surface area (Å²) >= 11 is 0. The molecule has 1 aromatic carbocycles. The van der Waals surface area contributed by atoms with Gasteiger partial charge in [-0.25, -0.2) is 4.79 Å². The lowest BCUT2D eigenvalue weighted by molar-refractivity contribution is 0.0697. The Morgan fingerprint density at radius 1 is 1.21 bits per heavy atom. The Labute approximate surface area is 143 Å². The summed E-state index contributed by atoms with van der Waals surface area (Å²) in [6.07, 6.45) is 10.5. The van der Waals surface area contributed by atoms with E-state index >= 15 is 0 Å². The predicted octanol–water partition coefficient (Wildman–Crippen LogP) is 5.40. The average molecular weight is 323 g/mol. The van der Waals surface area contributed by atoms with Gasteiger partial charge in [0.1, 0.15) is 0 Å². The van der Waals surface area contributed by atoms with Gasteiger partial charge in [0.25, 0.3) is 0 Å². The van der Waals surface area contributed by atoms with Crippen molar-refractivity contribution in [2.45, 2.75) is 34.2 Å². The molecule has 3 heteroatoms. The summed E-state index contributed by atoms with van der Waals surface area (Å²) in [5.41, 5.74) is 3.70. The fourth-order valence-corrected chi connectivity index (χ4v) is 2.64. The Bertz CT molecular complexity index is 773. The minimum atomic E-state index is -0.903. The molecule has 126 valence electrons. The SMILES string of the molecule is C/C=C(\C=C/Cn1ccc(-c2cccc(C(=O)O)c2)c1)C(C)(C)C. The Hall–Kier alpha value is -2.55. The molecule has 2 aromatic rings. The molecule has 1 heterocycles. The standard InChI is InChI=1S/C21H25NO2/c1-5-19(21(2,3)4)10-7-12-22-13-11-18(15-22)16-8-6-9-17(14-16)20(23)24/h5-11,13-15H,12H2,1-4H3,(H,23,24)/b10-7-,19-5+. The summed E-state index contributed by atoms with van der Waals surface area (Å²) in [7, 11) is 0. The number of aromatic nitrogens is 1. The van der Waals surface area contributed by atoms with E-state index in [0.717, 1.165) is 17.7 Å². The fraction of sp³-hybridized carbons (Fsp3) is 0.286. The molecule has 0 atom stereocenters. The molecular weight excluding hydrogens is 298 g/mol. The van der Waals surface area contributed by atoms with E-state index in [-0.39, 0.29) is 5.41 Å². The number of allylic oxidation sites excluding steroid dienone is 4. The van der Waals surface area contributed by atoms with Crippen LogP contribution in [0, 0.1) is 5.41 Å². The van der Waals surface area contributed by atoms with E-state index < -0.39 is 5.97 Å². The second-order valence-corrected chi connectivity index (χ2v) is 6.88. The number of nitrogens with zero attached hydrogens (tertiary/aromatic N) is 1. The molecule has 0 aliphatic heterocycles. The van der Waals surface area contributed by atoms with Crippen LogP contribution < -0.4 is 0 Å². The van der Waals surface area contributed by atoms with Crippen LogP contribution in [0.25, 0.3) is 11.1 Å². The van der Waals surface area contributed by atoms with Gasteiger partial charge in [-0.2, -0.15) is 0 Å². The van der Waals surface area contributed by atoms with E-state index in [9.17, 15) is 4.79 Å². The first-order chi connectivity index (χ1) is 11.3. The van der Waals surface area contributed by atoms with E-state index in [1.807, 2.05) is 24.5 Å². The number of carboxylic acid groups (broad SMARTS) is 1. The third-order valence-electron chi connectivity index (χ3n) is 3.98. The van der Waals surface area contributed by atoms with Crippen LogP contribution in [-0.2, 0) is 6.54 Å². The quantitative estimate of drug-likeness (QED) is 0.748. The van der Waals surface area contributed by atoms with E-state index in [2.05, 4.69) is 50.5 Å². The van der Waals surface area contributed by atoms with E-state index in [1.165, 1.54) is 5.57 Å². The van der Waals surface area contributed by atoms with E-state index in [1.54, 1.807) is 18.2 Å². The lowest BCUT2D eigenvalue weighted by Gasteiger charge is -2.19. The van der Waals surface area contributed by atoms with Crippen molar-refractivity contribution in [3.8, 4) is 11.1 Å². The lowest BCUT2D eigenvalue weighted by Crippen LogP contribution is -2.07. The topological polar surface area (TPSA) is 42.2 Å². The van der Waals surface area contributed by atoms with Crippen LogP contribution in [-0.4, -0.2) is 15.6 Å². The second kappa shape index (κ2) is 7.35. The molecule has 1 aromatic heterocycles. The smallest absolute Gasteiger partial charge is 0.335 e. The van der Waals surface area contributed by atoms with Gasteiger partial charge >= 0.3 is 5.97 Å². The molecular formula is C21H25NO2. The predicted molar refractivity (Wildman–Crippen MR) is 99.2 cm³/mol. The minimum absolute atomic E-state index is 0.143. The van der Waals surface area contributed by atoms with Crippen LogP contribution in [0.5, 0.6) is 0 Å². The van der Waals surface area contributed by atoms with Crippen LogP contribution in [0.3, 0.4) is 0 Å². The summed E-state index contributed by atoms with van der Waals surface area (Å²) in [5.74, 6) is -0.903. The molecule has 0 radical (unpaired) electrons. The molecule has 0 unspecified atom stereocenters. The van der Waals surface area contributed by atoms with Gasteiger partial charge in [0.05, 0.1) is 5.56 Å². The zero-order valence-electron chi connectivity index (χ0n) is 14.8. The van der Waals surface area contributed by atoms with Crippen molar-refractivity contribution in [3.63, 3.8) is 0 Å². The van der Waals surface area contributed by atoms with Crippen LogP contribution in [0.2, 0.25) is 0 Å². The Morgan fingerprint density at radius 3 is 2.58 bits per heavy atom. The Balaban J connectivity index is 2.11. The highest BCUT2D eigenvalue weighted by atomic mass is 16.4. The summed E-state index contributed by atoms with van der Waals surface area (Å²) in [5, 5.41) is 9.10. The van der Waals surface area contributed by atoms with Gasteiger partial charge in [0.15, 0.2) is 0 Å². The van der Waals surface area contributed by atoms with Crippen molar-refractivity contribution in [1.82, 2.24) is 4.57 Å². The molecule has 2 rings (SSSR count). The third-order valence-corrected chi connectivity index (χ3v) is 3.98. The van der Waals surface area contributed by atoms with Gasteiger partial charge in [0, 0.05) is 18.9 Å². The van der Waals surface area contributed by atoms with Gasteiger partial charge in [-0.3, -0.25) is 0 Å².